The standard InChI is InChI=1S/C12H7F3N4/c13-12(14,15)11-9(17)1-2-10(19-11)8-3-7(4-16)5-18-6-8/h1-3,5-6H,17H2. The number of nitrogens with zero attached hydrogens (tertiary/aromatic N) is 3. The fraction of sp³-hybridized carbons (Fsp3) is 0.0833. The Hall–Kier alpha value is -2.62. The summed E-state index contributed by atoms with van der Waals surface area (Å²) in [6.45, 7) is 0. The second kappa shape index (κ2) is 4.57. The van der Waals surface area contributed by atoms with Crippen molar-refractivity contribution in [1.82, 2.24) is 9.97 Å². The molecular weight excluding hydrogens is 257 g/mol. The van der Waals surface area contributed by atoms with Gasteiger partial charge in [0.2, 0.25) is 0 Å². The lowest BCUT2D eigenvalue weighted by molar-refractivity contribution is -0.140. The molecule has 0 unspecified atom stereocenters. The molecule has 0 aliphatic heterocycles. The average molecular weight is 264 g/mol. The van der Waals surface area contributed by atoms with E-state index in [1.54, 1.807) is 0 Å². The van der Waals surface area contributed by atoms with Crippen LogP contribution >= 0.6 is 0 Å². The van der Waals surface area contributed by atoms with Crippen LogP contribution in [0.5, 0.6) is 0 Å². The summed E-state index contributed by atoms with van der Waals surface area (Å²) in [6.07, 6.45) is -1.98. The van der Waals surface area contributed by atoms with Gasteiger partial charge in [-0.25, -0.2) is 4.98 Å². The molecule has 2 N–H and O–H groups in total. The van der Waals surface area contributed by atoms with Crippen LogP contribution in [-0.4, -0.2) is 9.97 Å². The van der Waals surface area contributed by atoms with E-state index in [1.165, 1.54) is 24.5 Å². The van der Waals surface area contributed by atoms with Gasteiger partial charge >= 0.3 is 6.18 Å². The molecule has 0 aromatic carbocycles. The van der Waals surface area contributed by atoms with Gasteiger partial charge in [-0.15, -0.1) is 0 Å². The number of nitrogens with two attached hydrogens (primary N) is 1. The van der Waals surface area contributed by atoms with Crippen molar-refractivity contribution in [2.75, 3.05) is 5.73 Å². The fourth-order valence-corrected chi connectivity index (χ4v) is 1.50. The van der Waals surface area contributed by atoms with Crippen molar-refractivity contribution in [3.05, 3.63) is 41.9 Å². The lowest BCUT2D eigenvalue weighted by atomic mass is 10.1. The molecule has 0 fully saturated rings. The highest BCUT2D eigenvalue weighted by molar-refractivity contribution is 5.63. The third-order valence-electron chi connectivity index (χ3n) is 2.36. The summed E-state index contributed by atoms with van der Waals surface area (Å²) in [5.74, 6) is 0. The molecule has 19 heavy (non-hydrogen) atoms. The van der Waals surface area contributed by atoms with E-state index in [-0.39, 0.29) is 11.3 Å². The first kappa shape index (κ1) is 12.8. The number of halogens is 3. The molecule has 2 heterocycles. The van der Waals surface area contributed by atoms with Gasteiger partial charge in [-0.1, -0.05) is 0 Å². The van der Waals surface area contributed by atoms with Crippen molar-refractivity contribution in [2.45, 2.75) is 6.18 Å². The van der Waals surface area contributed by atoms with Crippen LogP contribution in [0.2, 0.25) is 0 Å². The minimum Gasteiger partial charge on any atom is -0.397 e. The van der Waals surface area contributed by atoms with Crippen LogP contribution < -0.4 is 5.73 Å². The SMILES string of the molecule is N#Cc1cncc(-c2ccc(N)c(C(F)(F)F)n2)c1. The van der Waals surface area contributed by atoms with E-state index in [1.807, 2.05) is 6.07 Å². The number of rotatable bonds is 1. The molecule has 0 atom stereocenters. The maximum absolute atomic E-state index is 12.7. The number of nitriles is 1. The molecule has 2 aromatic rings. The van der Waals surface area contributed by atoms with Gasteiger partial charge in [0, 0.05) is 18.0 Å². The number of nitrogen functional groups attached to an aromatic ring is 1. The molecule has 0 spiro atoms. The number of alkyl halides is 3. The molecule has 2 aromatic heterocycles. The monoisotopic (exact) mass is 264 g/mol. The van der Waals surface area contributed by atoms with E-state index in [9.17, 15) is 13.2 Å². The minimum absolute atomic E-state index is 0.0612. The van der Waals surface area contributed by atoms with Crippen molar-refractivity contribution >= 4 is 5.69 Å². The van der Waals surface area contributed by atoms with Crippen LogP contribution in [0.3, 0.4) is 0 Å². The van der Waals surface area contributed by atoms with E-state index in [2.05, 4.69) is 9.97 Å². The number of hydrogen-bond acceptors (Lipinski definition) is 4. The second-order valence-corrected chi connectivity index (χ2v) is 3.71. The van der Waals surface area contributed by atoms with Gasteiger partial charge in [0.15, 0.2) is 5.69 Å². The van der Waals surface area contributed by atoms with E-state index in [4.69, 9.17) is 11.0 Å². The van der Waals surface area contributed by atoms with Gasteiger partial charge in [0.1, 0.15) is 6.07 Å². The minimum atomic E-state index is -4.62. The fourth-order valence-electron chi connectivity index (χ4n) is 1.50. The first-order chi connectivity index (χ1) is 8.91. The van der Waals surface area contributed by atoms with Crippen molar-refractivity contribution in [3.8, 4) is 17.3 Å². The highest BCUT2D eigenvalue weighted by atomic mass is 19.4. The van der Waals surface area contributed by atoms with E-state index in [0.717, 1.165) is 6.07 Å². The Balaban J connectivity index is 2.55. The number of anilines is 1. The molecule has 4 nitrogen and oxygen atoms in total. The average Bonchev–Trinajstić information content (AvgIpc) is 2.38. The van der Waals surface area contributed by atoms with Crippen LogP contribution in [0.15, 0.2) is 30.6 Å². The number of aromatic nitrogens is 2. The smallest absolute Gasteiger partial charge is 0.397 e. The van der Waals surface area contributed by atoms with Gasteiger partial charge in [0.05, 0.1) is 16.9 Å². The normalized spacial score (nSPS) is 11.1. The molecule has 0 radical (unpaired) electrons. The molecule has 0 amide bonds. The van der Waals surface area contributed by atoms with E-state index < -0.39 is 17.6 Å². The summed E-state index contributed by atoms with van der Waals surface area (Å²) in [6, 6.07) is 5.74. The van der Waals surface area contributed by atoms with Gasteiger partial charge in [-0.3, -0.25) is 4.98 Å². The zero-order chi connectivity index (χ0) is 14.0. The van der Waals surface area contributed by atoms with Gasteiger partial charge in [-0.2, -0.15) is 18.4 Å². The maximum atomic E-state index is 12.7. The Labute approximate surface area is 106 Å². The Morgan fingerprint density at radius 1 is 1.21 bits per heavy atom. The van der Waals surface area contributed by atoms with E-state index >= 15 is 0 Å². The summed E-state index contributed by atoms with van der Waals surface area (Å²) in [5.41, 5.74) is 4.29. The topological polar surface area (TPSA) is 75.6 Å². The molecule has 96 valence electrons. The molecule has 0 aliphatic carbocycles. The first-order valence-corrected chi connectivity index (χ1v) is 5.11. The molecule has 0 bridgehead atoms. The van der Waals surface area contributed by atoms with Crippen LogP contribution in [0, 0.1) is 11.3 Å². The Morgan fingerprint density at radius 2 is 1.95 bits per heavy atom. The summed E-state index contributed by atoms with van der Waals surface area (Å²) >= 11 is 0. The lowest BCUT2D eigenvalue weighted by Gasteiger charge is -2.10. The molecule has 0 aliphatic rings. The first-order valence-electron chi connectivity index (χ1n) is 5.11. The third-order valence-corrected chi connectivity index (χ3v) is 2.36. The maximum Gasteiger partial charge on any atom is 0.435 e. The number of pyridine rings is 2. The van der Waals surface area contributed by atoms with Crippen molar-refractivity contribution in [3.63, 3.8) is 0 Å². The predicted octanol–water partition coefficient (Wildman–Crippen LogP) is 2.62. The highest BCUT2D eigenvalue weighted by Crippen LogP contribution is 2.33. The highest BCUT2D eigenvalue weighted by Gasteiger charge is 2.35. The molecule has 0 saturated heterocycles. The summed E-state index contributed by atoms with van der Waals surface area (Å²) in [4.78, 5) is 7.26. The largest absolute Gasteiger partial charge is 0.435 e. The summed E-state index contributed by atoms with van der Waals surface area (Å²) in [7, 11) is 0. The van der Waals surface area contributed by atoms with Gasteiger partial charge in [0.25, 0.3) is 0 Å². The van der Waals surface area contributed by atoms with Crippen molar-refractivity contribution in [2.24, 2.45) is 0 Å². The molecule has 0 saturated carbocycles. The zero-order valence-electron chi connectivity index (χ0n) is 9.44. The van der Waals surface area contributed by atoms with Crippen molar-refractivity contribution < 1.29 is 13.2 Å². The quantitative estimate of drug-likeness (QED) is 0.859. The molecule has 2 rings (SSSR count). The summed E-state index contributed by atoms with van der Waals surface area (Å²) < 4.78 is 38.0. The van der Waals surface area contributed by atoms with Crippen LogP contribution in [-0.2, 0) is 6.18 Å². The zero-order valence-corrected chi connectivity index (χ0v) is 9.44. The Bertz CT molecular complexity index is 659. The molecular formula is C12H7F3N4. The molecule has 7 heteroatoms. The van der Waals surface area contributed by atoms with Crippen LogP contribution in [0.1, 0.15) is 11.3 Å². The Kier molecular flexibility index (Phi) is 3.09. The lowest BCUT2D eigenvalue weighted by Crippen LogP contribution is -2.12. The second-order valence-electron chi connectivity index (χ2n) is 3.71. The van der Waals surface area contributed by atoms with Crippen molar-refractivity contribution in [1.29, 1.82) is 5.26 Å². The predicted molar refractivity (Wildman–Crippen MR) is 61.6 cm³/mol. The van der Waals surface area contributed by atoms with Gasteiger partial charge < -0.3 is 5.73 Å². The number of hydrogen-bond donors (Lipinski definition) is 1. The van der Waals surface area contributed by atoms with Crippen LogP contribution in [0.25, 0.3) is 11.3 Å². The summed E-state index contributed by atoms with van der Waals surface area (Å²) in [5, 5.41) is 8.73. The Morgan fingerprint density at radius 3 is 2.58 bits per heavy atom. The van der Waals surface area contributed by atoms with Gasteiger partial charge in [-0.05, 0) is 18.2 Å². The third kappa shape index (κ3) is 2.63. The van der Waals surface area contributed by atoms with E-state index in [0.29, 0.717) is 5.56 Å². The van der Waals surface area contributed by atoms with Crippen LogP contribution in [0.4, 0.5) is 18.9 Å².